The van der Waals surface area contributed by atoms with Gasteiger partial charge in [0.2, 0.25) is 0 Å². The molecule has 7 rings (SSSR count). The van der Waals surface area contributed by atoms with E-state index in [-0.39, 0.29) is 28.8 Å². The van der Waals surface area contributed by atoms with E-state index < -0.39 is 226 Å². The summed E-state index contributed by atoms with van der Waals surface area (Å²) in [7, 11) is 0. The van der Waals surface area contributed by atoms with Crippen LogP contribution in [0, 0.1) is 33.0 Å². The highest BCUT2D eigenvalue weighted by Gasteiger charge is 2.57. The molecule has 550 valence electrons. The minimum atomic E-state index is -1.78. The summed E-state index contributed by atoms with van der Waals surface area (Å²) in [5, 5.41) is 186. The smallest absolute Gasteiger partial charge is 0.187 e. The quantitative estimate of drug-likeness (QED) is 0.0911. The Hall–Kier alpha value is -1.16. The van der Waals surface area contributed by atoms with Crippen molar-refractivity contribution in [3.63, 3.8) is 0 Å². The summed E-state index contributed by atoms with van der Waals surface area (Å²) in [5.41, 5.74) is -1.67. The number of hydrogen-bond donors (Lipinski definition) is 18. The molecular formula is C64H120O29. The number of aliphatic hydroxyl groups excluding tert-OH is 18. The van der Waals surface area contributed by atoms with Gasteiger partial charge in [-0.05, 0) is 67.1 Å². The third-order valence-corrected chi connectivity index (χ3v) is 18.3. The summed E-state index contributed by atoms with van der Waals surface area (Å²) < 4.78 is 64.4. The minimum absolute atomic E-state index is 0.168. The SMILES string of the molecule is CC1O[C@@H](C(C)(C)C)C(O[C@@H]2OC(CC(C)(C)C)[C@@H](O)[C@@H](O)C2O)[C@@H](O)[C@H]1O.CC1O[C@@H](C(C)(C)C)C(O[C@@H]2OC(CC(C)(C)C)[C@@H](O)[C@@H](O)C2O[C@@H]2OC(CO)[C@@H](O)[C@@H](O)C2O)[C@@H](O)[C@H]1O.C[C@@H]1[C@@H](O)[C@H](C)O[C@H](CO)[C@H]1O[C@@H]1O[C@H](CC(C)(C)C)[C@@H](O)[C@H](O)[C@H]1O. The van der Waals surface area contributed by atoms with Crippen molar-refractivity contribution >= 4 is 0 Å². The summed E-state index contributed by atoms with van der Waals surface area (Å²) in [6.45, 7) is 34.8. The van der Waals surface area contributed by atoms with Gasteiger partial charge in [-0.1, -0.05) is 111 Å². The van der Waals surface area contributed by atoms with Crippen LogP contribution < -0.4 is 0 Å². The van der Waals surface area contributed by atoms with Gasteiger partial charge in [0.05, 0.1) is 74.3 Å². The lowest BCUT2D eigenvalue weighted by atomic mass is 9.80. The minimum Gasteiger partial charge on any atom is -0.394 e. The van der Waals surface area contributed by atoms with Gasteiger partial charge >= 0.3 is 0 Å². The van der Waals surface area contributed by atoms with E-state index in [0.717, 1.165) is 0 Å². The van der Waals surface area contributed by atoms with E-state index in [2.05, 4.69) is 0 Å². The first-order valence-corrected chi connectivity index (χ1v) is 32.8. The lowest BCUT2D eigenvalue weighted by Crippen LogP contribution is -2.67. The van der Waals surface area contributed by atoms with Crippen molar-refractivity contribution < 1.29 is 144 Å². The van der Waals surface area contributed by atoms with Gasteiger partial charge in [0, 0.05) is 5.92 Å². The molecule has 0 aromatic rings. The summed E-state index contributed by atoms with van der Waals surface area (Å²) in [4.78, 5) is 0. The average molecular weight is 1350 g/mol. The van der Waals surface area contributed by atoms with Crippen molar-refractivity contribution in [1.82, 2.24) is 0 Å². The van der Waals surface area contributed by atoms with Crippen LogP contribution in [0.3, 0.4) is 0 Å². The van der Waals surface area contributed by atoms with Crippen molar-refractivity contribution in [3.8, 4) is 0 Å². The van der Waals surface area contributed by atoms with E-state index >= 15 is 0 Å². The van der Waals surface area contributed by atoms with Crippen LogP contribution in [0.15, 0.2) is 0 Å². The standard InChI is InChI=1S/C26H48O13.C20H38O8.C18H34O8/c1-10-13(28)17(32)20(22(35-10)26(5,6)7)38-24-21(18(33)14(29)11(36-24)8-25(2,3)4)39-23-19(34)16(31)15(30)12(9-27)37-23;1-9-11(21)14(24)16(17(26-9)20(5,6)7)28-18-15(25)13(23)12(22)10(27-18)8-19(2,3)4;1-8-12(20)9(2)24-11(7-19)16(8)26-17-15(23)14(22)13(21)10(25-17)6-18(3,4)5/h10-24,27-34H,8-9H2,1-7H3;9-18,21-25H,8H2,1-7H3;8-17,19-23H,6-7H2,1-5H3/t10?,11?,12?,13-,14+,15+,16+,17-,18+,19?,20?,21?,22+,23-,24-;9?,10?,11-,12+,13+,14-,15?,16?,17+,18-;8-,9+,10-,11-,12-,13-,14+,15-,16+,17+/m001/s1. The molecule has 0 aromatic heterocycles. The van der Waals surface area contributed by atoms with Gasteiger partial charge in [-0.15, -0.1) is 0 Å². The Morgan fingerprint density at radius 3 is 0.860 bits per heavy atom. The zero-order valence-electron chi connectivity index (χ0n) is 57.8. The largest absolute Gasteiger partial charge is 0.394 e. The molecule has 93 heavy (non-hydrogen) atoms. The van der Waals surface area contributed by atoms with Gasteiger partial charge in [-0.2, -0.15) is 0 Å². The normalized spacial score (nSPS) is 47.4. The lowest BCUT2D eigenvalue weighted by Gasteiger charge is -2.51. The molecular weight excluding hydrogens is 1230 g/mol. The zero-order chi connectivity index (χ0) is 71.0. The Morgan fingerprint density at radius 2 is 0.527 bits per heavy atom. The van der Waals surface area contributed by atoms with E-state index in [9.17, 15) is 91.9 Å². The lowest BCUT2D eigenvalue weighted by molar-refractivity contribution is -0.384. The van der Waals surface area contributed by atoms with Crippen LogP contribution in [0.1, 0.15) is 151 Å². The average Bonchev–Trinajstić information content (AvgIpc) is 0.782. The Balaban J connectivity index is 0.000000260. The molecule has 35 atom stereocenters. The molecule has 0 bridgehead atoms. The predicted molar refractivity (Wildman–Crippen MR) is 328 cm³/mol. The maximum absolute atomic E-state index is 11.2. The summed E-state index contributed by atoms with van der Waals surface area (Å²) in [5.74, 6) is -0.378. The van der Waals surface area contributed by atoms with E-state index in [1.807, 2.05) is 104 Å². The molecule has 0 aromatic carbocycles. The van der Waals surface area contributed by atoms with Crippen LogP contribution in [0.4, 0.5) is 0 Å². The molecule has 0 aliphatic carbocycles. The fraction of sp³-hybridized carbons (Fsp3) is 1.00. The molecule has 7 fully saturated rings. The third kappa shape index (κ3) is 20.8. The summed E-state index contributed by atoms with van der Waals surface area (Å²) in [6.07, 6.45) is -38.7. The second-order valence-corrected chi connectivity index (χ2v) is 32.6. The van der Waals surface area contributed by atoms with Gasteiger partial charge < -0.3 is 144 Å². The molecule has 29 nitrogen and oxygen atoms in total. The number of ether oxygens (including phenoxy) is 11. The number of rotatable bonds is 13. The molecule has 7 aliphatic rings. The van der Waals surface area contributed by atoms with Crippen LogP contribution in [0.5, 0.6) is 0 Å². The monoisotopic (exact) mass is 1350 g/mol. The molecule has 0 amide bonds. The topological polar surface area (TPSA) is 466 Å². The first kappa shape index (κ1) is 82.5. The van der Waals surface area contributed by atoms with E-state index in [1.165, 1.54) is 0 Å². The van der Waals surface area contributed by atoms with E-state index in [4.69, 9.17) is 52.1 Å². The van der Waals surface area contributed by atoms with Gasteiger partial charge in [-0.25, -0.2) is 0 Å². The summed E-state index contributed by atoms with van der Waals surface area (Å²) in [6, 6.07) is 0. The van der Waals surface area contributed by atoms with Crippen molar-refractivity contribution in [3.05, 3.63) is 0 Å². The molecule has 7 heterocycles. The maximum Gasteiger partial charge on any atom is 0.187 e. The molecule has 29 heteroatoms. The van der Waals surface area contributed by atoms with Crippen molar-refractivity contribution in [2.45, 2.75) is 359 Å². The van der Waals surface area contributed by atoms with Gasteiger partial charge in [0.15, 0.2) is 25.2 Å². The van der Waals surface area contributed by atoms with Crippen LogP contribution >= 0.6 is 0 Å². The van der Waals surface area contributed by atoms with Gasteiger partial charge in [0.1, 0.15) is 122 Å². The van der Waals surface area contributed by atoms with E-state index in [0.29, 0.717) is 19.3 Å². The second-order valence-electron chi connectivity index (χ2n) is 32.6. The van der Waals surface area contributed by atoms with Crippen LogP contribution in [0.2, 0.25) is 0 Å². The molecule has 10 unspecified atom stereocenters. The van der Waals surface area contributed by atoms with Crippen LogP contribution in [-0.2, 0) is 52.1 Å². The molecule has 7 aliphatic heterocycles. The van der Waals surface area contributed by atoms with Crippen molar-refractivity contribution in [2.75, 3.05) is 13.2 Å². The number of hydrogen-bond acceptors (Lipinski definition) is 29. The van der Waals surface area contributed by atoms with Gasteiger partial charge in [-0.3, -0.25) is 0 Å². The summed E-state index contributed by atoms with van der Waals surface area (Å²) >= 11 is 0. The van der Waals surface area contributed by atoms with Crippen molar-refractivity contribution in [1.29, 1.82) is 0 Å². The molecule has 18 N–H and O–H groups in total. The van der Waals surface area contributed by atoms with Crippen molar-refractivity contribution in [2.24, 2.45) is 33.0 Å². The molecule has 0 radical (unpaired) electrons. The maximum atomic E-state index is 11.2. The second kappa shape index (κ2) is 32.7. The van der Waals surface area contributed by atoms with Crippen LogP contribution in [-0.4, -0.2) is 313 Å². The Labute approximate surface area is 547 Å². The highest BCUT2D eigenvalue weighted by Crippen LogP contribution is 2.42. The highest BCUT2D eigenvalue weighted by atomic mass is 16.8. The first-order chi connectivity index (χ1) is 42.5. The Morgan fingerprint density at radius 1 is 0.258 bits per heavy atom. The number of aliphatic hydroxyl groups is 18. The van der Waals surface area contributed by atoms with Gasteiger partial charge in [0.25, 0.3) is 0 Å². The Kier molecular flexibility index (Phi) is 29.0. The fourth-order valence-electron chi connectivity index (χ4n) is 12.9. The van der Waals surface area contributed by atoms with Crippen LogP contribution in [0.25, 0.3) is 0 Å². The Bertz CT molecular complexity index is 2220. The molecule has 7 saturated heterocycles. The zero-order valence-corrected chi connectivity index (χ0v) is 57.8. The molecule has 0 saturated carbocycles. The predicted octanol–water partition coefficient (Wildman–Crippen LogP) is -2.44. The van der Waals surface area contributed by atoms with E-state index in [1.54, 1.807) is 27.7 Å². The fourth-order valence-corrected chi connectivity index (χ4v) is 12.9. The highest BCUT2D eigenvalue weighted by molar-refractivity contribution is 5.02. The molecule has 0 spiro atoms. The first-order valence-electron chi connectivity index (χ1n) is 32.8. The third-order valence-electron chi connectivity index (χ3n) is 18.3.